The molecule has 0 atom stereocenters. The summed E-state index contributed by atoms with van der Waals surface area (Å²) in [6.45, 7) is 0. The number of carbonyl (C=O) groups excluding carboxylic acids is 2. The third-order valence-corrected chi connectivity index (χ3v) is 1.41. The molecule has 0 aliphatic heterocycles. The van der Waals surface area contributed by atoms with Crippen molar-refractivity contribution in [3.63, 3.8) is 0 Å². The van der Waals surface area contributed by atoms with Crippen LogP contribution in [-0.2, 0) is 9.59 Å². The summed E-state index contributed by atoms with van der Waals surface area (Å²) in [5.41, 5.74) is 0. The predicted molar refractivity (Wildman–Crippen MR) is 42.6 cm³/mol. The van der Waals surface area contributed by atoms with Crippen molar-refractivity contribution in [3.8, 4) is 0 Å². The fourth-order valence-corrected chi connectivity index (χ4v) is 0.371. The fourth-order valence-electron chi connectivity index (χ4n) is 0.105. The van der Waals surface area contributed by atoms with Crippen LogP contribution in [0.2, 0.25) is 0 Å². The first-order valence-electron chi connectivity index (χ1n) is 1.67. The van der Waals surface area contributed by atoms with Crippen LogP contribution in [0, 0.1) is 0 Å². The van der Waals surface area contributed by atoms with Gasteiger partial charge in [0.1, 0.15) is 0 Å². The molecule has 3 nitrogen and oxygen atoms in total. The molecule has 50 valence electrons. The lowest BCUT2D eigenvalue weighted by molar-refractivity contribution is -0.116. The Morgan fingerprint density at radius 2 is 1.89 bits per heavy atom. The van der Waals surface area contributed by atoms with Crippen molar-refractivity contribution in [1.29, 1.82) is 0 Å². The topological polar surface area (TPSA) is 46.5 Å². The van der Waals surface area contributed by atoms with Gasteiger partial charge >= 0.3 is 0 Å². The Balaban J connectivity index is 4.22. The highest BCUT2D eigenvalue weighted by atomic mass is 80.0. The molecule has 0 aromatic rings. The van der Waals surface area contributed by atoms with Crippen LogP contribution >= 0.6 is 47.8 Å². The van der Waals surface area contributed by atoms with Gasteiger partial charge in [-0.1, -0.05) is 0 Å². The van der Waals surface area contributed by atoms with Gasteiger partial charge in [0.05, 0.1) is 0 Å². The molecule has 0 aromatic heterocycles. The highest BCUT2D eigenvalue weighted by Gasteiger charge is 2.27. The molecule has 0 bridgehead atoms. The van der Waals surface area contributed by atoms with E-state index < -0.39 is 8.05 Å². The van der Waals surface area contributed by atoms with Crippen molar-refractivity contribution in [1.82, 2.24) is 0 Å². The van der Waals surface area contributed by atoms with Gasteiger partial charge in [-0.2, -0.15) is 0 Å². The summed E-state index contributed by atoms with van der Waals surface area (Å²) in [5, 5.41) is 0. The summed E-state index contributed by atoms with van der Waals surface area (Å²) in [6, 6.07) is 0. The summed E-state index contributed by atoms with van der Waals surface area (Å²) < 4.78 is -1.12. The van der Waals surface area contributed by atoms with Gasteiger partial charge in [0.2, 0.25) is 8.22 Å². The van der Waals surface area contributed by atoms with E-state index in [0.29, 0.717) is 0 Å². The van der Waals surface area contributed by atoms with Crippen LogP contribution in [0.3, 0.4) is 0 Å². The van der Waals surface area contributed by atoms with Gasteiger partial charge in [0, 0.05) is 0 Å². The minimum Gasteiger partial charge on any atom is -0.268 e. The van der Waals surface area contributed by atoms with Crippen molar-refractivity contribution in [2.75, 3.05) is 0 Å². The molecule has 1 amide bonds. The first kappa shape index (κ1) is 9.49. The third-order valence-electron chi connectivity index (χ3n) is 0.390. The second kappa shape index (κ2) is 3.61. The highest BCUT2D eigenvalue weighted by molar-refractivity contribution is 9.40. The standard InChI is InChI=1S/C3Br3NO2/c4-3(5,6)2(9)7-1-8. The van der Waals surface area contributed by atoms with Crippen LogP contribution in [0.25, 0.3) is 0 Å². The molecule has 0 aliphatic rings. The maximum absolute atomic E-state index is 10.5. The van der Waals surface area contributed by atoms with Gasteiger partial charge in [-0.25, -0.2) is 4.79 Å². The van der Waals surface area contributed by atoms with Gasteiger partial charge < -0.3 is 0 Å². The summed E-state index contributed by atoms with van der Waals surface area (Å²) in [7, 11) is 0. The number of amides is 1. The lowest BCUT2D eigenvalue weighted by Crippen LogP contribution is -2.13. The van der Waals surface area contributed by atoms with Crippen LogP contribution in [0.5, 0.6) is 0 Å². The summed E-state index contributed by atoms with van der Waals surface area (Å²) in [6.07, 6.45) is 1.11. The molecule has 0 rings (SSSR count). The lowest BCUT2D eigenvalue weighted by Gasteiger charge is -2.02. The van der Waals surface area contributed by atoms with E-state index in [0.717, 1.165) is 6.08 Å². The molecule has 0 spiro atoms. The number of rotatable bonds is 0. The fraction of sp³-hybridized carbons (Fsp3) is 0.333. The zero-order chi connectivity index (χ0) is 7.49. The maximum atomic E-state index is 10.5. The summed E-state index contributed by atoms with van der Waals surface area (Å²) in [4.78, 5) is 22.8. The molecule has 0 N–H and O–H groups in total. The largest absolute Gasteiger partial charge is 0.295 e. The number of hydrogen-bond donors (Lipinski definition) is 0. The van der Waals surface area contributed by atoms with Gasteiger partial charge in [0.15, 0.2) is 0 Å². The highest BCUT2D eigenvalue weighted by Crippen LogP contribution is 2.34. The molecule has 0 fully saturated rings. The van der Waals surface area contributed by atoms with Crippen LogP contribution in [0.15, 0.2) is 4.99 Å². The Labute approximate surface area is 76.3 Å². The van der Waals surface area contributed by atoms with Crippen molar-refractivity contribution in [2.24, 2.45) is 4.99 Å². The van der Waals surface area contributed by atoms with Crippen molar-refractivity contribution in [3.05, 3.63) is 0 Å². The molecular formula is C3Br3NO2. The zero-order valence-corrected chi connectivity index (χ0v) is 8.66. The average Bonchev–Trinajstić information content (AvgIpc) is 1.64. The van der Waals surface area contributed by atoms with E-state index in [4.69, 9.17) is 0 Å². The van der Waals surface area contributed by atoms with Crippen LogP contribution in [0.4, 0.5) is 0 Å². The van der Waals surface area contributed by atoms with E-state index >= 15 is 0 Å². The molecule has 0 unspecified atom stereocenters. The van der Waals surface area contributed by atoms with E-state index in [1.165, 1.54) is 0 Å². The number of nitrogens with zero attached hydrogens (tertiary/aromatic N) is 1. The second-order valence-corrected chi connectivity index (χ2v) is 7.77. The van der Waals surface area contributed by atoms with E-state index in [9.17, 15) is 9.59 Å². The predicted octanol–water partition coefficient (Wildman–Crippen LogP) is 1.69. The SMILES string of the molecule is O=C=NC(=O)C(Br)(Br)Br. The molecule has 0 aliphatic carbocycles. The van der Waals surface area contributed by atoms with Gasteiger partial charge in [0.25, 0.3) is 5.91 Å². The monoisotopic (exact) mass is 319 g/mol. The zero-order valence-electron chi connectivity index (χ0n) is 3.90. The quantitative estimate of drug-likeness (QED) is 0.387. The minimum atomic E-state index is -1.12. The molecule has 9 heavy (non-hydrogen) atoms. The van der Waals surface area contributed by atoms with Crippen LogP contribution in [-0.4, -0.2) is 14.1 Å². The number of aliphatic imine (C=N–C) groups is 1. The van der Waals surface area contributed by atoms with E-state index in [1.807, 2.05) is 0 Å². The van der Waals surface area contributed by atoms with Gasteiger partial charge in [-0.3, -0.25) is 4.79 Å². The van der Waals surface area contributed by atoms with Gasteiger partial charge in [-0.15, -0.1) is 4.99 Å². The molecular weight excluding hydrogens is 322 g/mol. The van der Waals surface area contributed by atoms with Crippen molar-refractivity contribution in [2.45, 2.75) is 2.14 Å². The smallest absolute Gasteiger partial charge is 0.268 e. The number of isocyanates is 1. The Morgan fingerprint density at radius 3 is 2.00 bits per heavy atom. The molecule has 0 saturated heterocycles. The molecule has 6 heteroatoms. The van der Waals surface area contributed by atoms with Crippen molar-refractivity contribution >= 4 is 59.8 Å². The average molecular weight is 322 g/mol. The van der Waals surface area contributed by atoms with Crippen LogP contribution < -0.4 is 0 Å². The minimum absolute atomic E-state index is 0.683. The summed E-state index contributed by atoms with van der Waals surface area (Å²) >= 11 is 8.57. The van der Waals surface area contributed by atoms with Crippen LogP contribution in [0.1, 0.15) is 0 Å². The van der Waals surface area contributed by atoms with E-state index in [1.54, 1.807) is 0 Å². The number of hydrogen-bond acceptors (Lipinski definition) is 2. The van der Waals surface area contributed by atoms with Crippen molar-refractivity contribution < 1.29 is 9.59 Å². The molecule has 0 aromatic carbocycles. The van der Waals surface area contributed by atoms with E-state index in [-0.39, 0.29) is 0 Å². The normalized spacial score (nSPS) is 10.1. The molecule has 0 saturated carbocycles. The lowest BCUT2D eigenvalue weighted by atomic mass is 10.7. The second-order valence-electron chi connectivity index (χ2n) is 1.01. The molecule has 0 heterocycles. The first-order valence-corrected chi connectivity index (χ1v) is 4.05. The van der Waals surface area contributed by atoms with E-state index in [2.05, 4.69) is 52.8 Å². The Hall–Kier alpha value is 0.490. The first-order chi connectivity index (χ1) is 3.98. The van der Waals surface area contributed by atoms with Gasteiger partial charge in [-0.05, 0) is 47.8 Å². The third kappa shape index (κ3) is 3.97. The maximum Gasteiger partial charge on any atom is 0.295 e. The number of alkyl halides is 3. The Kier molecular flexibility index (Phi) is 3.80. The number of carbonyl (C=O) groups is 1. The Bertz CT molecular complexity index is 166. The Morgan fingerprint density at radius 1 is 1.44 bits per heavy atom. The summed E-state index contributed by atoms with van der Waals surface area (Å²) in [5.74, 6) is -0.683. The molecule has 0 radical (unpaired) electrons. The number of halogens is 3.